The molecule has 2 atom stereocenters. The maximum Gasteiger partial charge on any atom is 0.249 e. The molecule has 0 aliphatic heterocycles. The molecule has 0 aliphatic carbocycles. The highest BCUT2D eigenvalue weighted by molar-refractivity contribution is 5.79. The molecule has 1 aromatic rings. The van der Waals surface area contributed by atoms with Crippen LogP contribution >= 0.6 is 0 Å². The van der Waals surface area contributed by atoms with Crippen molar-refractivity contribution in [1.29, 1.82) is 0 Å². The number of carbonyl (C=O) groups is 1. The molecule has 0 bridgehead atoms. The van der Waals surface area contributed by atoms with Gasteiger partial charge in [-0.2, -0.15) is 0 Å². The van der Waals surface area contributed by atoms with Crippen LogP contribution in [0.1, 0.15) is 17.2 Å². The first-order chi connectivity index (χ1) is 7.56. The standard InChI is InChI=1S/C11H15NO4/c1-16-6-7-2-4-8(5-3-7)9(13)10(14)11(12)15/h2-5,9-10,13-14H,6H2,1H3,(H2,12,15). The highest BCUT2D eigenvalue weighted by Crippen LogP contribution is 2.17. The van der Waals surface area contributed by atoms with E-state index in [1.165, 1.54) is 0 Å². The summed E-state index contributed by atoms with van der Waals surface area (Å²) >= 11 is 0. The number of primary amides is 1. The molecule has 4 N–H and O–H groups in total. The van der Waals surface area contributed by atoms with Crippen molar-refractivity contribution < 1.29 is 19.7 Å². The molecular formula is C11H15NO4. The minimum Gasteiger partial charge on any atom is -0.385 e. The van der Waals surface area contributed by atoms with Gasteiger partial charge in [0.05, 0.1) is 6.61 Å². The van der Waals surface area contributed by atoms with Crippen LogP contribution in [-0.2, 0) is 16.1 Å². The second-order valence-electron chi connectivity index (χ2n) is 3.47. The lowest BCUT2D eigenvalue weighted by atomic mass is 10.0. The van der Waals surface area contributed by atoms with Crippen molar-refractivity contribution >= 4 is 5.91 Å². The number of aliphatic hydroxyl groups excluding tert-OH is 2. The van der Waals surface area contributed by atoms with Crippen LogP contribution in [0.25, 0.3) is 0 Å². The number of nitrogens with two attached hydrogens (primary N) is 1. The Morgan fingerprint density at radius 1 is 1.38 bits per heavy atom. The van der Waals surface area contributed by atoms with Gasteiger partial charge in [0.25, 0.3) is 0 Å². The molecule has 16 heavy (non-hydrogen) atoms. The Kier molecular flexibility index (Phi) is 4.42. The van der Waals surface area contributed by atoms with Gasteiger partial charge in [-0.25, -0.2) is 0 Å². The van der Waals surface area contributed by atoms with Gasteiger partial charge < -0.3 is 20.7 Å². The Morgan fingerprint density at radius 2 is 1.94 bits per heavy atom. The Labute approximate surface area is 93.5 Å². The molecule has 2 unspecified atom stereocenters. The average Bonchev–Trinajstić information content (AvgIpc) is 2.28. The van der Waals surface area contributed by atoms with Crippen LogP contribution in [0.2, 0.25) is 0 Å². The topological polar surface area (TPSA) is 92.8 Å². The molecule has 5 heteroatoms. The van der Waals surface area contributed by atoms with Crippen molar-refractivity contribution in [3.63, 3.8) is 0 Å². The molecule has 0 saturated carbocycles. The summed E-state index contributed by atoms with van der Waals surface area (Å²) in [7, 11) is 1.58. The normalized spacial score (nSPS) is 14.4. The third kappa shape index (κ3) is 3.03. The van der Waals surface area contributed by atoms with Crippen LogP contribution < -0.4 is 5.73 Å². The van der Waals surface area contributed by atoms with E-state index >= 15 is 0 Å². The summed E-state index contributed by atoms with van der Waals surface area (Å²) in [6.45, 7) is 0.467. The molecule has 5 nitrogen and oxygen atoms in total. The lowest BCUT2D eigenvalue weighted by molar-refractivity contribution is -0.131. The van der Waals surface area contributed by atoms with Gasteiger partial charge in [-0.15, -0.1) is 0 Å². The van der Waals surface area contributed by atoms with Crippen LogP contribution in [-0.4, -0.2) is 29.3 Å². The minimum absolute atomic E-state index is 0.436. The lowest BCUT2D eigenvalue weighted by Crippen LogP contribution is -2.33. The van der Waals surface area contributed by atoms with Crippen molar-refractivity contribution in [2.45, 2.75) is 18.8 Å². The zero-order chi connectivity index (χ0) is 12.1. The zero-order valence-electron chi connectivity index (χ0n) is 8.96. The SMILES string of the molecule is COCc1ccc(C(O)C(O)C(N)=O)cc1. The molecule has 0 spiro atoms. The van der Waals surface area contributed by atoms with E-state index < -0.39 is 18.1 Å². The molecule has 88 valence electrons. The number of aliphatic hydroxyl groups is 2. The van der Waals surface area contributed by atoms with Gasteiger partial charge in [0.1, 0.15) is 6.10 Å². The second kappa shape index (κ2) is 5.60. The summed E-state index contributed by atoms with van der Waals surface area (Å²) in [5.41, 5.74) is 6.26. The number of amides is 1. The first-order valence-electron chi connectivity index (χ1n) is 4.79. The van der Waals surface area contributed by atoms with Crippen LogP contribution in [0.4, 0.5) is 0 Å². The molecule has 0 saturated heterocycles. The summed E-state index contributed by atoms with van der Waals surface area (Å²) in [5, 5.41) is 18.9. The first-order valence-corrected chi connectivity index (χ1v) is 4.79. The highest BCUT2D eigenvalue weighted by Gasteiger charge is 2.22. The van der Waals surface area contributed by atoms with E-state index in [4.69, 9.17) is 10.5 Å². The van der Waals surface area contributed by atoms with Crippen molar-refractivity contribution in [3.05, 3.63) is 35.4 Å². The molecule has 1 rings (SSSR count). The quantitative estimate of drug-likeness (QED) is 0.642. The highest BCUT2D eigenvalue weighted by atomic mass is 16.5. The Hall–Kier alpha value is -1.43. The van der Waals surface area contributed by atoms with Gasteiger partial charge in [0.2, 0.25) is 5.91 Å². The molecule has 0 fully saturated rings. The van der Waals surface area contributed by atoms with Gasteiger partial charge in [0, 0.05) is 7.11 Å². The summed E-state index contributed by atoms with van der Waals surface area (Å²) in [6.07, 6.45) is -2.89. The zero-order valence-corrected chi connectivity index (χ0v) is 8.96. The lowest BCUT2D eigenvalue weighted by Gasteiger charge is -2.15. The molecular weight excluding hydrogens is 210 g/mol. The van der Waals surface area contributed by atoms with Gasteiger partial charge in [-0.3, -0.25) is 4.79 Å². The number of rotatable bonds is 5. The summed E-state index contributed by atoms with van der Waals surface area (Å²) in [6, 6.07) is 6.72. The van der Waals surface area contributed by atoms with Crippen LogP contribution in [0.5, 0.6) is 0 Å². The fourth-order valence-electron chi connectivity index (χ4n) is 1.32. The summed E-state index contributed by atoms with van der Waals surface area (Å²) < 4.78 is 4.93. The van der Waals surface area contributed by atoms with Gasteiger partial charge in [-0.05, 0) is 11.1 Å². The Bertz CT molecular complexity index is 350. The minimum atomic E-state index is -1.59. The monoisotopic (exact) mass is 225 g/mol. The fraction of sp³-hybridized carbons (Fsp3) is 0.364. The smallest absolute Gasteiger partial charge is 0.249 e. The molecule has 0 heterocycles. The van der Waals surface area contributed by atoms with Crippen molar-refractivity contribution in [2.75, 3.05) is 7.11 Å². The third-order valence-electron chi connectivity index (χ3n) is 2.22. The Morgan fingerprint density at radius 3 is 2.38 bits per heavy atom. The van der Waals surface area contributed by atoms with Crippen molar-refractivity contribution in [3.8, 4) is 0 Å². The largest absolute Gasteiger partial charge is 0.385 e. The van der Waals surface area contributed by atoms with Crippen LogP contribution in [0.15, 0.2) is 24.3 Å². The summed E-state index contributed by atoms with van der Waals surface area (Å²) in [5.74, 6) is -0.950. The summed E-state index contributed by atoms with van der Waals surface area (Å²) in [4.78, 5) is 10.7. The Balaban J connectivity index is 2.77. The molecule has 0 aliphatic rings. The maximum absolute atomic E-state index is 10.7. The molecule has 0 radical (unpaired) electrons. The number of carbonyl (C=O) groups excluding carboxylic acids is 1. The van der Waals surface area contributed by atoms with E-state index in [9.17, 15) is 15.0 Å². The first kappa shape index (κ1) is 12.6. The van der Waals surface area contributed by atoms with E-state index in [1.54, 1.807) is 31.4 Å². The predicted octanol–water partition coefficient (Wildman–Crippen LogP) is -0.287. The third-order valence-corrected chi connectivity index (χ3v) is 2.22. The maximum atomic E-state index is 10.7. The van der Waals surface area contributed by atoms with E-state index in [0.717, 1.165) is 5.56 Å². The second-order valence-corrected chi connectivity index (χ2v) is 3.47. The molecule has 1 aromatic carbocycles. The van der Waals surface area contributed by atoms with Gasteiger partial charge >= 0.3 is 0 Å². The van der Waals surface area contributed by atoms with Gasteiger partial charge in [0.15, 0.2) is 6.10 Å². The fourth-order valence-corrected chi connectivity index (χ4v) is 1.32. The van der Waals surface area contributed by atoms with E-state index in [1.807, 2.05) is 0 Å². The molecule has 0 aromatic heterocycles. The van der Waals surface area contributed by atoms with Gasteiger partial charge in [-0.1, -0.05) is 24.3 Å². The number of hydrogen-bond acceptors (Lipinski definition) is 4. The van der Waals surface area contributed by atoms with Crippen molar-refractivity contribution in [2.24, 2.45) is 5.73 Å². The molecule has 1 amide bonds. The van der Waals surface area contributed by atoms with E-state index in [2.05, 4.69) is 0 Å². The number of ether oxygens (including phenoxy) is 1. The number of methoxy groups -OCH3 is 1. The van der Waals surface area contributed by atoms with E-state index in [-0.39, 0.29) is 0 Å². The van der Waals surface area contributed by atoms with Crippen molar-refractivity contribution in [1.82, 2.24) is 0 Å². The number of hydrogen-bond donors (Lipinski definition) is 3. The predicted molar refractivity (Wildman–Crippen MR) is 57.3 cm³/mol. The van der Waals surface area contributed by atoms with Crippen LogP contribution in [0.3, 0.4) is 0 Å². The van der Waals surface area contributed by atoms with E-state index in [0.29, 0.717) is 12.2 Å². The van der Waals surface area contributed by atoms with Crippen LogP contribution in [0, 0.1) is 0 Å². The average molecular weight is 225 g/mol. The number of benzene rings is 1.